The third-order valence-corrected chi connectivity index (χ3v) is 8.08. The van der Waals surface area contributed by atoms with Gasteiger partial charge >= 0.3 is 7.60 Å². The minimum Gasteiger partial charge on any atom is -0.488 e. The van der Waals surface area contributed by atoms with Gasteiger partial charge in [-0.3, -0.25) is 14.4 Å². The van der Waals surface area contributed by atoms with Crippen LogP contribution >= 0.6 is 7.60 Å². The Kier molecular flexibility index (Phi) is 13.0. The quantitative estimate of drug-likeness (QED) is 0.0873. The number of benzene rings is 2. The minimum atomic E-state index is -3.45. The summed E-state index contributed by atoms with van der Waals surface area (Å²) in [5.41, 5.74) is 0.160. The van der Waals surface area contributed by atoms with Gasteiger partial charge in [0, 0.05) is 25.0 Å². The van der Waals surface area contributed by atoms with Gasteiger partial charge in [0.05, 0.1) is 24.7 Å². The average molecular weight is 613 g/mol. The van der Waals surface area contributed by atoms with E-state index in [4.69, 9.17) is 29.1 Å². The molecule has 0 bridgehead atoms. The molecule has 15 heteroatoms. The molecule has 0 fully saturated rings. The molecule has 1 amide bonds. The van der Waals surface area contributed by atoms with E-state index in [-0.39, 0.29) is 47.6 Å². The lowest BCUT2D eigenvalue weighted by molar-refractivity contribution is 0.0911. The van der Waals surface area contributed by atoms with Crippen LogP contribution in [0.4, 0.5) is 0 Å². The summed E-state index contributed by atoms with van der Waals surface area (Å²) >= 11 is 0. The molecule has 0 saturated heterocycles. The molecule has 2 aromatic carbocycles. The van der Waals surface area contributed by atoms with Gasteiger partial charge in [0.2, 0.25) is 0 Å². The average Bonchev–Trinajstić information content (AvgIpc) is 2.87. The fourth-order valence-electron chi connectivity index (χ4n) is 3.35. The lowest BCUT2D eigenvalue weighted by Gasteiger charge is -2.21. The van der Waals surface area contributed by atoms with Gasteiger partial charge < -0.3 is 28.6 Å². The number of hydrogen-bond donors (Lipinski definition) is 2. The van der Waals surface area contributed by atoms with Gasteiger partial charge in [0.15, 0.2) is 9.84 Å². The monoisotopic (exact) mass is 612 g/mol. The summed E-state index contributed by atoms with van der Waals surface area (Å²) in [6, 6.07) is 10.4. The van der Waals surface area contributed by atoms with Crippen molar-refractivity contribution >= 4 is 29.7 Å². The van der Waals surface area contributed by atoms with Crippen LogP contribution in [-0.4, -0.2) is 71.2 Å². The lowest BCUT2D eigenvalue weighted by atomic mass is 10.2. The molecule has 0 heterocycles. The fraction of sp³-hybridized carbons (Fsp3) is 0.385. The predicted octanol–water partition coefficient (Wildman–Crippen LogP) is 3.92. The third-order valence-electron chi connectivity index (χ3n) is 4.98. The van der Waals surface area contributed by atoms with Crippen LogP contribution in [0.2, 0.25) is 0 Å². The summed E-state index contributed by atoms with van der Waals surface area (Å²) in [6.07, 6.45) is 1.65. The zero-order chi connectivity index (χ0) is 30.6. The van der Waals surface area contributed by atoms with Crippen LogP contribution in [0, 0.1) is 0 Å². The number of carbonyl (C=O) groups excluding carboxylic acids is 1. The molecule has 41 heavy (non-hydrogen) atoms. The number of methoxy groups -OCH3 is 1. The van der Waals surface area contributed by atoms with Crippen LogP contribution in [-0.2, 0) is 28.2 Å². The molecule has 0 aliphatic heterocycles. The molecule has 0 saturated carbocycles. The molecule has 13 nitrogen and oxygen atoms in total. The van der Waals surface area contributed by atoms with E-state index in [0.717, 1.165) is 17.6 Å². The summed E-state index contributed by atoms with van der Waals surface area (Å²) in [5, 5.41) is 3.55. The molecule has 3 N–H and O–H groups in total. The molecular formula is C26H37N4O9PS. The number of hydrogen-bond acceptors (Lipinski definition) is 11. The molecule has 1 atom stereocenters. The smallest absolute Gasteiger partial charge is 0.351 e. The van der Waals surface area contributed by atoms with Gasteiger partial charge in [0.1, 0.15) is 41.8 Å². The van der Waals surface area contributed by atoms with Gasteiger partial charge in [-0.15, -0.1) is 0 Å². The Morgan fingerprint density at radius 2 is 1.73 bits per heavy atom. The number of rotatable bonds is 17. The largest absolute Gasteiger partial charge is 0.488 e. The molecule has 0 spiro atoms. The van der Waals surface area contributed by atoms with Crippen LogP contribution in [0.5, 0.6) is 17.2 Å². The van der Waals surface area contributed by atoms with Gasteiger partial charge in [-0.1, -0.05) is 6.58 Å². The van der Waals surface area contributed by atoms with Crippen LogP contribution in [0.3, 0.4) is 0 Å². The molecule has 2 rings (SSSR count). The Labute approximate surface area is 240 Å². The maximum atomic E-state index is 13.0. The molecule has 0 aliphatic rings. The van der Waals surface area contributed by atoms with Gasteiger partial charge in [-0.25, -0.2) is 19.3 Å². The van der Waals surface area contributed by atoms with Crippen molar-refractivity contribution in [1.29, 1.82) is 0 Å². The van der Waals surface area contributed by atoms with Crippen molar-refractivity contribution < 1.29 is 41.0 Å². The second-order valence-corrected chi connectivity index (χ2v) is 12.7. The number of nitrogens with one attached hydrogen (secondary N) is 1. The highest BCUT2D eigenvalue weighted by atomic mass is 32.2. The summed E-state index contributed by atoms with van der Waals surface area (Å²) in [7, 11) is -5.28. The first kappa shape index (κ1) is 33.9. The van der Waals surface area contributed by atoms with Crippen molar-refractivity contribution in [2.45, 2.75) is 31.8 Å². The van der Waals surface area contributed by atoms with Crippen LogP contribution in [0.1, 0.15) is 31.1 Å². The van der Waals surface area contributed by atoms with Gasteiger partial charge in [-0.2, -0.15) is 0 Å². The number of sulfone groups is 1. The Morgan fingerprint density at radius 1 is 1.12 bits per heavy atom. The Bertz CT molecular complexity index is 1360. The Morgan fingerprint density at radius 3 is 2.29 bits per heavy atom. The van der Waals surface area contributed by atoms with E-state index in [9.17, 15) is 17.8 Å². The summed E-state index contributed by atoms with van der Waals surface area (Å²) in [4.78, 5) is 17.2. The predicted molar refractivity (Wildman–Crippen MR) is 155 cm³/mol. The minimum absolute atomic E-state index is 0.0500. The highest BCUT2D eigenvalue weighted by Crippen LogP contribution is 2.47. The maximum absolute atomic E-state index is 13.0. The van der Waals surface area contributed by atoms with E-state index < -0.39 is 23.3 Å². The van der Waals surface area contributed by atoms with Crippen molar-refractivity contribution in [3.8, 4) is 17.2 Å². The number of nitrogens with zero attached hydrogens (tertiary/aromatic N) is 2. The number of carbonyl (C=O) groups is 1. The normalized spacial score (nSPS) is 12.6. The molecule has 226 valence electrons. The van der Waals surface area contributed by atoms with Gasteiger partial charge in [-0.05, 0) is 57.2 Å². The highest BCUT2D eigenvalue weighted by Gasteiger charge is 2.25. The lowest BCUT2D eigenvalue weighted by Crippen LogP contribution is -2.32. The van der Waals surface area contributed by atoms with Crippen molar-refractivity contribution in [2.75, 3.05) is 39.5 Å². The van der Waals surface area contributed by atoms with E-state index >= 15 is 0 Å². The molecule has 2 aromatic rings. The van der Waals surface area contributed by atoms with Crippen LogP contribution < -0.4 is 20.6 Å². The maximum Gasteiger partial charge on any atom is 0.351 e. The first-order valence-electron chi connectivity index (χ1n) is 12.5. The van der Waals surface area contributed by atoms with Crippen LogP contribution in [0.25, 0.3) is 0 Å². The highest BCUT2D eigenvalue weighted by molar-refractivity contribution is 7.90. The number of ether oxygens (including phenoxy) is 3. The Balaban J connectivity index is 2.21. The molecule has 0 aliphatic carbocycles. The first-order chi connectivity index (χ1) is 19.3. The molecule has 0 radical (unpaired) electrons. The van der Waals surface area contributed by atoms with Crippen molar-refractivity contribution in [1.82, 2.24) is 10.3 Å². The zero-order valence-electron chi connectivity index (χ0n) is 23.7. The number of amides is 1. The standard InChI is InChI=1S/C26H37N4O9PS/c1-7-36-40(32,37-8-2)18-30(27)17-28-20(4)29-26(31)21-13-23(38-19(3)16-35-5)15-24(14-21)39-22-9-11-25(12-10-22)41(6,33)34/h9-15,17,19H,4,7-8,16,18,27H2,1-3,5-6H3,(H,29,31)/t19-/m0/s1. The van der Waals surface area contributed by atoms with E-state index in [2.05, 4.69) is 16.9 Å². The fourth-order valence-corrected chi connectivity index (χ4v) is 5.48. The van der Waals surface area contributed by atoms with E-state index in [1.165, 1.54) is 36.4 Å². The number of nitrogens with two attached hydrogens (primary N) is 1. The van der Waals surface area contributed by atoms with E-state index in [1.807, 2.05) is 0 Å². The second-order valence-electron chi connectivity index (χ2n) is 8.67. The topological polar surface area (TPSA) is 168 Å². The van der Waals surface area contributed by atoms with Gasteiger partial charge in [0.25, 0.3) is 5.91 Å². The van der Waals surface area contributed by atoms with Crippen molar-refractivity contribution in [3.63, 3.8) is 0 Å². The number of aliphatic imine (C=N–C) groups is 1. The summed E-state index contributed by atoms with van der Waals surface area (Å²) < 4.78 is 63.4. The van der Waals surface area contributed by atoms with E-state index in [0.29, 0.717) is 18.1 Å². The van der Waals surface area contributed by atoms with Crippen molar-refractivity contribution in [2.24, 2.45) is 10.8 Å². The molecular weight excluding hydrogens is 575 g/mol. The Hall–Kier alpha value is -3.26. The summed E-state index contributed by atoms with van der Waals surface area (Å²) in [6.45, 7) is 9.52. The van der Waals surface area contributed by atoms with E-state index in [1.54, 1.807) is 33.9 Å². The second kappa shape index (κ2) is 15.7. The third kappa shape index (κ3) is 11.6. The van der Waals surface area contributed by atoms with Crippen LogP contribution in [0.15, 0.2) is 64.8 Å². The van der Waals surface area contributed by atoms with Crippen molar-refractivity contribution in [3.05, 3.63) is 60.4 Å². The molecule has 0 unspecified atom stereocenters. The molecule has 0 aromatic heterocycles. The summed E-state index contributed by atoms with van der Waals surface area (Å²) in [5.74, 6) is 6.16. The first-order valence-corrected chi connectivity index (χ1v) is 16.1. The SMILES string of the molecule is C=C(N=CN(N)CP(=O)(OCC)OCC)NC(=O)c1cc(Oc2ccc(S(C)(=O)=O)cc2)cc(O[C@@H](C)COC)c1. The zero-order valence-corrected chi connectivity index (χ0v) is 25.4. The number of hydrazine groups is 1.